The number of hydrogen-bond donors (Lipinski definition) is 1. The summed E-state index contributed by atoms with van der Waals surface area (Å²) < 4.78 is 17.4. The molecule has 1 aromatic rings. The van der Waals surface area contributed by atoms with Crippen LogP contribution in [0.2, 0.25) is 0 Å². The third-order valence-corrected chi connectivity index (χ3v) is 2.34. The zero-order valence-corrected chi connectivity index (χ0v) is 10.4. The maximum atomic E-state index is 12.8. The summed E-state index contributed by atoms with van der Waals surface area (Å²) in [6.45, 7) is 2.94. The van der Waals surface area contributed by atoms with E-state index in [-0.39, 0.29) is 17.4 Å². The Labute approximate surface area is 104 Å². The molecular weight excluding hydrogens is 237 g/mol. The van der Waals surface area contributed by atoms with E-state index in [1.807, 2.05) is 0 Å². The van der Waals surface area contributed by atoms with Crippen LogP contribution >= 0.6 is 0 Å². The first-order chi connectivity index (χ1) is 8.45. The number of rotatable bonds is 3. The van der Waals surface area contributed by atoms with E-state index in [4.69, 9.17) is 0 Å². The van der Waals surface area contributed by atoms with Gasteiger partial charge in [0.1, 0.15) is 11.5 Å². The minimum atomic E-state index is -0.646. The van der Waals surface area contributed by atoms with Gasteiger partial charge in [0.15, 0.2) is 0 Å². The fourth-order valence-electron chi connectivity index (χ4n) is 1.42. The number of hydrogen-bond acceptors (Lipinski definition) is 3. The van der Waals surface area contributed by atoms with Crippen LogP contribution in [-0.2, 0) is 14.3 Å². The molecule has 0 saturated heterocycles. The molecular formula is C13H14FNO3. The van der Waals surface area contributed by atoms with Crippen LogP contribution in [0.3, 0.4) is 0 Å². The van der Waals surface area contributed by atoms with Crippen molar-refractivity contribution in [3.8, 4) is 0 Å². The van der Waals surface area contributed by atoms with Crippen molar-refractivity contribution >= 4 is 17.4 Å². The average molecular weight is 251 g/mol. The molecule has 0 saturated carbocycles. The normalized spacial score (nSPS) is 11.6. The molecule has 0 aliphatic carbocycles. The summed E-state index contributed by atoms with van der Waals surface area (Å²) in [5.74, 6) is -1.39. The number of nitrogens with one attached hydrogen (secondary N) is 1. The highest BCUT2D eigenvalue weighted by molar-refractivity contribution is 6.00. The Bertz CT molecular complexity index is 491. The third kappa shape index (κ3) is 3.41. The number of allylic oxidation sites excluding steroid dienone is 1. The zero-order valence-electron chi connectivity index (χ0n) is 10.4. The molecule has 1 amide bonds. The van der Waals surface area contributed by atoms with Crippen LogP contribution in [-0.4, -0.2) is 19.0 Å². The van der Waals surface area contributed by atoms with Crippen molar-refractivity contribution in [3.63, 3.8) is 0 Å². The van der Waals surface area contributed by atoms with Gasteiger partial charge in [0.05, 0.1) is 7.11 Å². The maximum absolute atomic E-state index is 12.8. The lowest BCUT2D eigenvalue weighted by atomic mass is 10.1. The van der Waals surface area contributed by atoms with E-state index >= 15 is 0 Å². The van der Waals surface area contributed by atoms with Crippen molar-refractivity contribution in [2.45, 2.75) is 13.8 Å². The van der Waals surface area contributed by atoms with E-state index in [2.05, 4.69) is 10.1 Å². The fraction of sp³-hybridized carbons (Fsp3) is 0.231. The van der Waals surface area contributed by atoms with E-state index in [9.17, 15) is 14.0 Å². The van der Waals surface area contributed by atoms with Gasteiger partial charge < -0.3 is 10.1 Å². The van der Waals surface area contributed by atoms with E-state index in [1.165, 1.54) is 38.3 Å². The van der Waals surface area contributed by atoms with E-state index in [1.54, 1.807) is 6.92 Å². The Kier molecular flexibility index (Phi) is 4.59. The van der Waals surface area contributed by atoms with Crippen molar-refractivity contribution in [2.75, 3.05) is 7.11 Å². The summed E-state index contributed by atoms with van der Waals surface area (Å²) in [6, 6.07) is 5.61. The van der Waals surface area contributed by atoms with Crippen LogP contribution < -0.4 is 5.32 Å². The molecule has 0 heterocycles. The minimum Gasteiger partial charge on any atom is -0.464 e. The average Bonchev–Trinajstić information content (AvgIpc) is 2.35. The van der Waals surface area contributed by atoms with Crippen molar-refractivity contribution in [1.82, 2.24) is 5.32 Å². The molecule has 0 atom stereocenters. The molecule has 0 unspecified atom stereocenters. The second-order valence-corrected chi connectivity index (χ2v) is 3.68. The molecule has 1 N–H and O–H groups in total. The Balaban J connectivity index is 3.21. The minimum absolute atomic E-state index is 0.0524. The third-order valence-electron chi connectivity index (χ3n) is 2.34. The van der Waals surface area contributed by atoms with Gasteiger partial charge in [-0.15, -0.1) is 0 Å². The first kappa shape index (κ1) is 13.9. The second kappa shape index (κ2) is 5.95. The highest BCUT2D eigenvalue weighted by atomic mass is 19.1. The van der Waals surface area contributed by atoms with Gasteiger partial charge in [-0.3, -0.25) is 4.79 Å². The molecule has 0 aliphatic heterocycles. The van der Waals surface area contributed by atoms with E-state index in [0.29, 0.717) is 11.1 Å². The SMILES string of the molecule is COC(=O)/C(NC(C)=O)=C(/C)c1ccc(F)cc1. The number of amides is 1. The number of esters is 1. The van der Waals surface area contributed by atoms with Crippen LogP contribution in [0.1, 0.15) is 19.4 Å². The van der Waals surface area contributed by atoms with Gasteiger partial charge in [0, 0.05) is 6.92 Å². The van der Waals surface area contributed by atoms with Crippen LogP contribution in [0.5, 0.6) is 0 Å². The summed E-state index contributed by atoms with van der Waals surface area (Å²) in [6.07, 6.45) is 0. The predicted molar refractivity (Wildman–Crippen MR) is 64.8 cm³/mol. The van der Waals surface area contributed by atoms with Gasteiger partial charge in [-0.05, 0) is 30.2 Å². The molecule has 4 nitrogen and oxygen atoms in total. The lowest BCUT2D eigenvalue weighted by Gasteiger charge is -2.11. The van der Waals surface area contributed by atoms with Gasteiger partial charge in [-0.25, -0.2) is 9.18 Å². The largest absolute Gasteiger partial charge is 0.464 e. The molecule has 0 radical (unpaired) electrons. The molecule has 1 aromatic carbocycles. The quantitative estimate of drug-likeness (QED) is 0.659. The van der Waals surface area contributed by atoms with Crippen LogP contribution in [0.25, 0.3) is 5.57 Å². The predicted octanol–water partition coefficient (Wildman–Crippen LogP) is 1.87. The number of methoxy groups -OCH3 is 1. The molecule has 0 fully saturated rings. The summed E-state index contributed by atoms with van der Waals surface area (Å²) in [4.78, 5) is 22.6. The number of carbonyl (C=O) groups excluding carboxylic acids is 2. The van der Waals surface area contributed by atoms with Gasteiger partial charge in [-0.1, -0.05) is 12.1 Å². The molecule has 18 heavy (non-hydrogen) atoms. The molecule has 0 aromatic heterocycles. The van der Waals surface area contributed by atoms with Gasteiger partial charge in [0.2, 0.25) is 5.91 Å². The standard InChI is InChI=1S/C13H14FNO3/c1-8(10-4-6-11(14)7-5-10)12(13(17)18-3)15-9(2)16/h4-7H,1-3H3,(H,15,16)/b12-8+. The molecule has 5 heteroatoms. The molecule has 96 valence electrons. The zero-order chi connectivity index (χ0) is 13.7. The fourth-order valence-corrected chi connectivity index (χ4v) is 1.42. The van der Waals surface area contributed by atoms with E-state index in [0.717, 1.165) is 0 Å². The topological polar surface area (TPSA) is 55.4 Å². The maximum Gasteiger partial charge on any atom is 0.354 e. The number of ether oxygens (including phenoxy) is 1. The van der Waals surface area contributed by atoms with Crippen LogP contribution in [0.15, 0.2) is 30.0 Å². The highest BCUT2D eigenvalue weighted by Crippen LogP contribution is 2.18. The van der Waals surface area contributed by atoms with Gasteiger partial charge in [-0.2, -0.15) is 0 Å². The van der Waals surface area contributed by atoms with Gasteiger partial charge >= 0.3 is 5.97 Å². The summed E-state index contributed by atoms with van der Waals surface area (Å²) in [7, 11) is 1.22. The Hall–Kier alpha value is -2.17. The second-order valence-electron chi connectivity index (χ2n) is 3.68. The van der Waals surface area contributed by atoms with Crippen molar-refractivity contribution in [1.29, 1.82) is 0 Å². The number of benzene rings is 1. The first-order valence-electron chi connectivity index (χ1n) is 5.28. The first-order valence-corrected chi connectivity index (χ1v) is 5.28. The Morgan fingerprint density at radius 2 is 1.72 bits per heavy atom. The highest BCUT2D eigenvalue weighted by Gasteiger charge is 2.15. The number of carbonyl (C=O) groups is 2. The van der Waals surface area contributed by atoms with E-state index < -0.39 is 5.97 Å². The summed E-state index contributed by atoms with van der Waals surface area (Å²) >= 11 is 0. The number of halogens is 1. The molecule has 1 rings (SSSR count). The van der Waals surface area contributed by atoms with Crippen molar-refractivity contribution in [3.05, 3.63) is 41.3 Å². The van der Waals surface area contributed by atoms with Crippen molar-refractivity contribution in [2.24, 2.45) is 0 Å². The smallest absolute Gasteiger partial charge is 0.354 e. The summed E-state index contributed by atoms with van der Waals surface area (Å²) in [5.41, 5.74) is 1.19. The lowest BCUT2D eigenvalue weighted by molar-refractivity contribution is -0.137. The monoisotopic (exact) mass is 251 g/mol. The lowest BCUT2D eigenvalue weighted by Crippen LogP contribution is -2.26. The summed E-state index contributed by atoms with van der Waals surface area (Å²) in [5, 5.41) is 2.42. The Morgan fingerprint density at radius 1 is 1.17 bits per heavy atom. The van der Waals surface area contributed by atoms with Crippen LogP contribution in [0, 0.1) is 5.82 Å². The van der Waals surface area contributed by atoms with Crippen LogP contribution in [0.4, 0.5) is 4.39 Å². The van der Waals surface area contributed by atoms with Gasteiger partial charge in [0.25, 0.3) is 0 Å². The molecule has 0 bridgehead atoms. The van der Waals surface area contributed by atoms with Crippen molar-refractivity contribution < 1.29 is 18.7 Å². The Morgan fingerprint density at radius 3 is 2.17 bits per heavy atom. The molecule has 0 aliphatic rings. The molecule has 0 spiro atoms.